The summed E-state index contributed by atoms with van der Waals surface area (Å²) in [5.74, 6) is 1.79. The lowest BCUT2D eigenvalue weighted by molar-refractivity contribution is 0.275. The summed E-state index contributed by atoms with van der Waals surface area (Å²) in [5.41, 5.74) is 1.36. The predicted molar refractivity (Wildman–Crippen MR) is 100 cm³/mol. The molecule has 2 aliphatic heterocycles. The van der Waals surface area contributed by atoms with Crippen LogP contribution in [0.2, 0.25) is 0 Å². The highest BCUT2D eigenvalue weighted by molar-refractivity contribution is 9.10. The Morgan fingerprint density at radius 2 is 2.07 bits per heavy atom. The van der Waals surface area contributed by atoms with Gasteiger partial charge in [0.25, 0.3) is 11.4 Å². The van der Waals surface area contributed by atoms with E-state index in [1.807, 2.05) is 16.7 Å². The smallest absolute Gasteiger partial charge is 0.266 e. The molecular formula is C19H15BrN4O3. The van der Waals surface area contributed by atoms with Crippen molar-refractivity contribution < 1.29 is 8.83 Å². The summed E-state index contributed by atoms with van der Waals surface area (Å²) in [4.78, 5) is 18.5. The Morgan fingerprint density at radius 1 is 1.19 bits per heavy atom. The highest BCUT2D eigenvalue weighted by Crippen LogP contribution is 2.39. The van der Waals surface area contributed by atoms with Crippen molar-refractivity contribution in [1.29, 1.82) is 5.26 Å². The molecule has 0 N–H and O–H groups in total. The SMILES string of the molecule is N#Cc1nc(-c2ccc(Br)o2)oc1N1C[C@H]2C[C@@H](C1)c1cccc(=O)n1C2. The molecule has 136 valence electrons. The normalized spacial score (nSPS) is 21.0. The zero-order valence-corrected chi connectivity index (χ0v) is 15.8. The number of pyridine rings is 1. The summed E-state index contributed by atoms with van der Waals surface area (Å²) in [6.45, 7) is 2.10. The maximum absolute atomic E-state index is 12.2. The highest BCUT2D eigenvalue weighted by atomic mass is 79.9. The lowest BCUT2D eigenvalue weighted by atomic mass is 9.83. The number of rotatable bonds is 2. The van der Waals surface area contributed by atoms with Crippen LogP contribution in [0.5, 0.6) is 0 Å². The quantitative estimate of drug-likeness (QED) is 0.624. The van der Waals surface area contributed by atoms with Crippen molar-refractivity contribution >= 4 is 21.8 Å². The number of nitriles is 1. The summed E-state index contributed by atoms with van der Waals surface area (Å²) < 4.78 is 13.9. The first-order valence-corrected chi connectivity index (χ1v) is 9.53. The molecule has 2 aliphatic rings. The van der Waals surface area contributed by atoms with Gasteiger partial charge in [-0.2, -0.15) is 10.2 Å². The summed E-state index contributed by atoms with van der Waals surface area (Å²) >= 11 is 3.26. The molecule has 0 radical (unpaired) electrons. The molecule has 7 nitrogen and oxygen atoms in total. The third kappa shape index (κ3) is 2.70. The Balaban J connectivity index is 1.51. The molecule has 8 heteroatoms. The van der Waals surface area contributed by atoms with Gasteiger partial charge in [-0.05, 0) is 46.5 Å². The Bertz CT molecular complexity index is 1120. The molecule has 2 atom stereocenters. The van der Waals surface area contributed by atoms with E-state index in [2.05, 4.69) is 31.9 Å². The average molecular weight is 427 g/mol. The zero-order valence-electron chi connectivity index (χ0n) is 14.3. The second kappa shape index (κ2) is 6.13. The van der Waals surface area contributed by atoms with Gasteiger partial charge in [0.2, 0.25) is 11.6 Å². The topological polar surface area (TPSA) is 88.2 Å². The van der Waals surface area contributed by atoms with Gasteiger partial charge < -0.3 is 18.3 Å². The van der Waals surface area contributed by atoms with Gasteiger partial charge in [-0.1, -0.05) is 6.07 Å². The van der Waals surface area contributed by atoms with E-state index < -0.39 is 0 Å². The molecule has 0 spiro atoms. The van der Waals surface area contributed by atoms with Crippen molar-refractivity contribution in [2.45, 2.75) is 18.9 Å². The fourth-order valence-electron chi connectivity index (χ4n) is 4.20. The van der Waals surface area contributed by atoms with E-state index in [0.29, 0.717) is 41.2 Å². The molecule has 0 saturated carbocycles. The molecule has 5 rings (SSSR count). The summed E-state index contributed by atoms with van der Waals surface area (Å²) in [5, 5.41) is 9.53. The van der Waals surface area contributed by atoms with E-state index in [1.54, 1.807) is 18.2 Å². The number of oxazole rings is 1. The molecule has 0 aromatic carbocycles. The lowest BCUT2D eigenvalue weighted by Gasteiger charge is -2.42. The Kier molecular flexibility index (Phi) is 3.72. The fraction of sp³-hybridized carbons (Fsp3) is 0.316. The monoisotopic (exact) mass is 426 g/mol. The van der Waals surface area contributed by atoms with Crippen LogP contribution in [0.15, 0.2) is 48.6 Å². The molecule has 5 heterocycles. The van der Waals surface area contributed by atoms with Gasteiger partial charge >= 0.3 is 0 Å². The minimum absolute atomic E-state index is 0.0544. The van der Waals surface area contributed by atoms with Crippen molar-refractivity contribution in [2.24, 2.45) is 5.92 Å². The molecule has 27 heavy (non-hydrogen) atoms. The maximum Gasteiger partial charge on any atom is 0.266 e. The number of fused-ring (bicyclic) bond motifs is 4. The Morgan fingerprint density at radius 3 is 2.85 bits per heavy atom. The van der Waals surface area contributed by atoms with Crippen molar-refractivity contribution in [3.05, 3.63) is 56.7 Å². The summed E-state index contributed by atoms with van der Waals surface area (Å²) in [6, 6.07) is 11.1. The number of nitrogens with zero attached hydrogens (tertiary/aromatic N) is 4. The number of piperidine rings is 1. The molecule has 3 aromatic rings. The van der Waals surface area contributed by atoms with Gasteiger partial charge in [0.15, 0.2) is 10.4 Å². The Labute approximate surface area is 163 Å². The fourth-order valence-corrected chi connectivity index (χ4v) is 4.50. The van der Waals surface area contributed by atoms with Crippen molar-refractivity contribution in [2.75, 3.05) is 18.0 Å². The number of hydrogen-bond acceptors (Lipinski definition) is 6. The van der Waals surface area contributed by atoms with Crippen LogP contribution in [0.1, 0.15) is 23.7 Å². The second-order valence-corrected chi connectivity index (χ2v) is 7.77. The molecular weight excluding hydrogens is 412 g/mol. The number of aromatic nitrogens is 2. The van der Waals surface area contributed by atoms with Crippen molar-refractivity contribution in [3.63, 3.8) is 0 Å². The van der Waals surface area contributed by atoms with Gasteiger partial charge in [0.05, 0.1) is 0 Å². The minimum Gasteiger partial charge on any atom is -0.444 e. The van der Waals surface area contributed by atoms with Crippen molar-refractivity contribution in [3.8, 4) is 17.7 Å². The number of hydrogen-bond donors (Lipinski definition) is 0. The first-order valence-electron chi connectivity index (χ1n) is 8.73. The van der Waals surface area contributed by atoms with E-state index in [4.69, 9.17) is 8.83 Å². The highest BCUT2D eigenvalue weighted by Gasteiger charge is 2.37. The summed E-state index contributed by atoms with van der Waals surface area (Å²) in [7, 11) is 0. The van der Waals surface area contributed by atoms with Crippen molar-refractivity contribution in [1.82, 2.24) is 9.55 Å². The van der Waals surface area contributed by atoms with Crippen LogP contribution in [0, 0.1) is 17.2 Å². The van der Waals surface area contributed by atoms with Crippen LogP contribution in [0.25, 0.3) is 11.7 Å². The molecule has 1 fully saturated rings. The maximum atomic E-state index is 12.2. The Hall–Kier alpha value is -2.79. The van der Waals surface area contributed by atoms with Crippen LogP contribution in [-0.4, -0.2) is 22.6 Å². The third-order valence-electron chi connectivity index (χ3n) is 5.27. The van der Waals surface area contributed by atoms with E-state index in [9.17, 15) is 10.1 Å². The zero-order chi connectivity index (χ0) is 18.5. The van der Waals surface area contributed by atoms with Crippen LogP contribution in [0.3, 0.4) is 0 Å². The second-order valence-electron chi connectivity index (χ2n) is 6.99. The van der Waals surface area contributed by atoms with E-state index in [1.165, 1.54) is 0 Å². The third-order valence-corrected chi connectivity index (χ3v) is 5.69. The van der Waals surface area contributed by atoms with E-state index >= 15 is 0 Å². The van der Waals surface area contributed by atoms with E-state index in [0.717, 1.165) is 18.7 Å². The molecule has 1 saturated heterocycles. The number of halogens is 1. The first kappa shape index (κ1) is 16.4. The lowest BCUT2D eigenvalue weighted by Crippen LogP contribution is -2.47. The molecule has 2 bridgehead atoms. The van der Waals surface area contributed by atoms with Crippen LogP contribution < -0.4 is 10.5 Å². The van der Waals surface area contributed by atoms with Crippen LogP contribution in [0.4, 0.5) is 5.88 Å². The number of furan rings is 1. The average Bonchev–Trinajstić information content (AvgIpc) is 3.28. The first-order chi connectivity index (χ1) is 13.1. The molecule has 3 aromatic heterocycles. The molecule has 0 aliphatic carbocycles. The van der Waals surface area contributed by atoms with Gasteiger partial charge in [-0.15, -0.1) is 0 Å². The van der Waals surface area contributed by atoms with E-state index in [-0.39, 0.29) is 17.2 Å². The van der Waals surface area contributed by atoms with Gasteiger partial charge in [0, 0.05) is 37.3 Å². The molecule has 0 amide bonds. The van der Waals surface area contributed by atoms with Gasteiger partial charge in [-0.25, -0.2) is 0 Å². The minimum atomic E-state index is 0.0544. The van der Waals surface area contributed by atoms with Gasteiger partial charge in [0.1, 0.15) is 6.07 Å². The summed E-state index contributed by atoms with van der Waals surface area (Å²) in [6.07, 6.45) is 1.04. The number of anilines is 1. The van der Waals surface area contributed by atoms with Gasteiger partial charge in [-0.3, -0.25) is 4.79 Å². The largest absolute Gasteiger partial charge is 0.444 e. The van der Waals surface area contributed by atoms with Crippen LogP contribution in [-0.2, 0) is 6.54 Å². The molecule has 0 unspecified atom stereocenters. The predicted octanol–water partition coefficient (Wildman–Crippen LogP) is 3.35. The van der Waals surface area contributed by atoms with Crippen LogP contribution >= 0.6 is 15.9 Å². The standard InChI is InChI=1S/C19H15BrN4O3/c20-16-5-4-15(26-16)18-22-13(7-21)19(27-18)23-8-11-6-12(10-23)14-2-1-3-17(25)24(14)9-11/h1-5,11-12H,6,8-10H2/t11-,12+/m1/s1.